The molecule has 2 N–H and O–H groups in total. The fourth-order valence-electron chi connectivity index (χ4n) is 3.54. The van der Waals surface area contributed by atoms with E-state index in [4.69, 9.17) is 16.3 Å². The summed E-state index contributed by atoms with van der Waals surface area (Å²) >= 11 is 6.35. The Morgan fingerprint density at radius 3 is 2.53 bits per heavy atom. The third-order valence-electron chi connectivity index (χ3n) is 5.58. The summed E-state index contributed by atoms with van der Waals surface area (Å²) in [6, 6.07) is 10.9. The summed E-state index contributed by atoms with van der Waals surface area (Å²) in [5, 5.41) is 10.8. The van der Waals surface area contributed by atoms with Gasteiger partial charge in [-0.1, -0.05) is 23.7 Å². The van der Waals surface area contributed by atoms with Crippen LogP contribution in [0, 0.1) is 5.82 Å². The third kappa shape index (κ3) is 5.63. The van der Waals surface area contributed by atoms with Gasteiger partial charge in [-0.05, 0) is 56.7 Å². The molecule has 186 valence electrons. The van der Waals surface area contributed by atoms with Gasteiger partial charge in [0, 0.05) is 23.4 Å². The van der Waals surface area contributed by atoms with Crippen LogP contribution in [0.4, 0.5) is 16.0 Å². The number of nitrogens with zero attached hydrogens (tertiary/aromatic N) is 4. The van der Waals surface area contributed by atoms with Crippen molar-refractivity contribution in [2.24, 2.45) is 0 Å². The van der Waals surface area contributed by atoms with Crippen molar-refractivity contribution in [1.29, 1.82) is 0 Å². The fourth-order valence-corrected chi connectivity index (χ4v) is 3.74. The van der Waals surface area contributed by atoms with Crippen LogP contribution in [0.5, 0.6) is 5.75 Å². The predicted octanol–water partition coefficient (Wildman–Crippen LogP) is 5.96. The first-order valence-corrected chi connectivity index (χ1v) is 11.7. The molecule has 0 fully saturated rings. The van der Waals surface area contributed by atoms with Gasteiger partial charge in [0.1, 0.15) is 11.6 Å². The largest absolute Gasteiger partial charge is 0.495 e. The molecule has 0 aliphatic heterocycles. The predicted molar refractivity (Wildman–Crippen MR) is 137 cm³/mol. The number of halogens is 2. The van der Waals surface area contributed by atoms with Gasteiger partial charge in [0.2, 0.25) is 5.95 Å². The molecule has 0 saturated carbocycles. The molecule has 2 aromatic heterocycles. The topological polar surface area (TPSA) is 94.0 Å². The second kappa shape index (κ2) is 10.7. The van der Waals surface area contributed by atoms with Crippen LogP contribution >= 0.6 is 11.6 Å². The van der Waals surface area contributed by atoms with Gasteiger partial charge in [0.05, 0.1) is 41.9 Å². The number of hydrogen-bond donors (Lipinski definition) is 2. The van der Waals surface area contributed by atoms with Crippen molar-refractivity contribution in [2.75, 3.05) is 12.4 Å². The number of benzene rings is 2. The molecule has 4 aromatic rings. The van der Waals surface area contributed by atoms with E-state index < -0.39 is 0 Å². The smallest absolute Gasteiger partial charge is 0.251 e. The van der Waals surface area contributed by atoms with E-state index in [0.29, 0.717) is 33.7 Å². The van der Waals surface area contributed by atoms with E-state index in [1.165, 1.54) is 25.4 Å². The molecule has 1 atom stereocenters. The minimum Gasteiger partial charge on any atom is -0.495 e. The standard InChI is InChI=1S/C26H26ClFN6O2/c1-15(2)34-14-19(12-30-34)24-21(27)13-29-26(33-24)32-22-10-7-18(11-23(22)36-4)25(35)31-16(3)17-5-8-20(28)9-6-17/h5-16H,1-4H3,(H,31,35)(H,29,32,33). The second-order valence-corrected chi connectivity index (χ2v) is 8.89. The van der Waals surface area contributed by atoms with Gasteiger partial charge >= 0.3 is 0 Å². The molecule has 0 radical (unpaired) electrons. The molecular weight excluding hydrogens is 483 g/mol. The van der Waals surface area contributed by atoms with Crippen LogP contribution in [0.15, 0.2) is 61.1 Å². The maximum atomic E-state index is 13.2. The lowest BCUT2D eigenvalue weighted by Crippen LogP contribution is -2.26. The molecule has 4 rings (SSSR count). The molecular formula is C26H26ClFN6O2. The first kappa shape index (κ1) is 25.1. The molecule has 0 aliphatic rings. The first-order chi connectivity index (χ1) is 17.2. The van der Waals surface area contributed by atoms with Gasteiger partial charge in [-0.25, -0.2) is 14.4 Å². The van der Waals surface area contributed by atoms with Crippen LogP contribution < -0.4 is 15.4 Å². The van der Waals surface area contributed by atoms with Crippen LogP contribution in [-0.2, 0) is 0 Å². The van der Waals surface area contributed by atoms with E-state index >= 15 is 0 Å². The van der Waals surface area contributed by atoms with Crippen molar-refractivity contribution in [3.05, 3.63) is 83.0 Å². The molecule has 2 heterocycles. The van der Waals surface area contributed by atoms with Crippen molar-refractivity contribution in [1.82, 2.24) is 25.1 Å². The molecule has 0 bridgehead atoms. The number of aromatic nitrogens is 4. The van der Waals surface area contributed by atoms with Crippen molar-refractivity contribution in [3.8, 4) is 17.0 Å². The Bertz CT molecular complexity index is 1370. The molecule has 0 spiro atoms. The summed E-state index contributed by atoms with van der Waals surface area (Å²) in [6.45, 7) is 5.90. The number of methoxy groups -OCH3 is 1. The quantitative estimate of drug-likeness (QED) is 0.305. The average Bonchev–Trinajstić information content (AvgIpc) is 3.36. The van der Waals surface area contributed by atoms with E-state index in [1.807, 2.05) is 31.6 Å². The first-order valence-electron chi connectivity index (χ1n) is 11.3. The Hall–Kier alpha value is -3.98. The number of nitrogens with one attached hydrogen (secondary N) is 2. The molecule has 10 heteroatoms. The summed E-state index contributed by atoms with van der Waals surface area (Å²) in [6.07, 6.45) is 5.10. The van der Waals surface area contributed by atoms with Gasteiger partial charge in [-0.15, -0.1) is 0 Å². The van der Waals surface area contributed by atoms with E-state index in [0.717, 1.165) is 11.1 Å². The molecule has 0 saturated heterocycles. The zero-order valence-electron chi connectivity index (χ0n) is 20.3. The highest BCUT2D eigenvalue weighted by Gasteiger charge is 2.16. The molecule has 8 nitrogen and oxygen atoms in total. The van der Waals surface area contributed by atoms with Gasteiger partial charge in [-0.3, -0.25) is 9.48 Å². The zero-order chi connectivity index (χ0) is 25.8. The number of anilines is 2. The van der Waals surface area contributed by atoms with Crippen molar-refractivity contribution >= 4 is 29.1 Å². The lowest BCUT2D eigenvalue weighted by Gasteiger charge is -2.16. The summed E-state index contributed by atoms with van der Waals surface area (Å²) in [5.74, 6) is 0.133. The van der Waals surface area contributed by atoms with Crippen LogP contribution in [0.2, 0.25) is 5.02 Å². The third-order valence-corrected chi connectivity index (χ3v) is 5.85. The van der Waals surface area contributed by atoms with E-state index in [-0.39, 0.29) is 23.8 Å². The lowest BCUT2D eigenvalue weighted by molar-refractivity contribution is 0.0939. The Labute approximate surface area is 213 Å². The number of amides is 1. The second-order valence-electron chi connectivity index (χ2n) is 8.48. The minimum atomic E-state index is -0.326. The highest BCUT2D eigenvalue weighted by molar-refractivity contribution is 6.32. The average molecular weight is 509 g/mol. The Balaban J connectivity index is 1.52. The Morgan fingerprint density at radius 1 is 1.11 bits per heavy atom. The van der Waals surface area contributed by atoms with Crippen LogP contribution in [0.1, 0.15) is 48.8 Å². The molecule has 1 unspecified atom stereocenters. The van der Waals surface area contributed by atoms with Crippen LogP contribution in [0.3, 0.4) is 0 Å². The summed E-state index contributed by atoms with van der Waals surface area (Å²) in [4.78, 5) is 21.6. The fraction of sp³-hybridized carbons (Fsp3) is 0.231. The van der Waals surface area contributed by atoms with Crippen molar-refractivity contribution in [2.45, 2.75) is 32.9 Å². The maximum Gasteiger partial charge on any atom is 0.251 e. The maximum absolute atomic E-state index is 13.2. The number of ether oxygens (including phenoxy) is 1. The van der Waals surface area contributed by atoms with E-state index in [9.17, 15) is 9.18 Å². The lowest BCUT2D eigenvalue weighted by atomic mass is 10.1. The SMILES string of the molecule is COc1cc(C(=O)NC(C)c2ccc(F)cc2)ccc1Nc1ncc(Cl)c(-c2cnn(C(C)C)c2)n1. The number of carbonyl (C=O) groups is 1. The molecule has 2 aromatic carbocycles. The number of rotatable bonds is 8. The zero-order valence-corrected chi connectivity index (χ0v) is 21.0. The normalized spacial score (nSPS) is 11.9. The summed E-state index contributed by atoms with van der Waals surface area (Å²) < 4.78 is 20.5. The monoisotopic (exact) mass is 508 g/mol. The van der Waals surface area contributed by atoms with Gasteiger partial charge in [0.25, 0.3) is 5.91 Å². The van der Waals surface area contributed by atoms with Crippen molar-refractivity contribution < 1.29 is 13.9 Å². The molecule has 1 amide bonds. The van der Waals surface area contributed by atoms with Gasteiger partial charge in [0.15, 0.2) is 0 Å². The Morgan fingerprint density at radius 2 is 1.86 bits per heavy atom. The van der Waals surface area contributed by atoms with Gasteiger partial charge < -0.3 is 15.4 Å². The van der Waals surface area contributed by atoms with Crippen LogP contribution in [0.25, 0.3) is 11.3 Å². The molecule has 36 heavy (non-hydrogen) atoms. The summed E-state index contributed by atoms with van der Waals surface area (Å²) in [7, 11) is 1.51. The Kier molecular flexibility index (Phi) is 7.49. The number of carbonyl (C=O) groups excluding carboxylic acids is 1. The van der Waals surface area contributed by atoms with Crippen molar-refractivity contribution in [3.63, 3.8) is 0 Å². The van der Waals surface area contributed by atoms with Gasteiger partial charge in [-0.2, -0.15) is 5.10 Å². The highest BCUT2D eigenvalue weighted by atomic mass is 35.5. The van der Waals surface area contributed by atoms with E-state index in [1.54, 1.807) is 36.5 Å². The number of hydrogen-bond acceptors (Lipinski definition) is 6. The minimum absolute atomic E-state index is 0.204. The summed E-state index contributed by atoms with van der Waals surface area (Å²) in [5.41, 5.74) is 3.10. The molecule has 0 aliphatic carbocycles. The highest BCUT2D eigenvalue weighted by Crippen LogP contribution is 2.31. The van der Waals surface area contributed by atoms with E-state index in [2.05, 4.69) is 25.7 Å². The van der Waals surface area contributed by atoms with Crippen LogP contribution in [-0.4, -0.2) is 32.8 Å².